The number of nitrogens with zero attached hydrogens (tertiary/aromatic N) is 3. The van der Waals surface area contributed by atoms with Gasteiger partial charge in [0, 0.05) is 37.3 Å². The average Bonchev–Trinajstić information content (AvgIpc) is 3.14. The van der Waals surface area contributed by atoms with Crippen molar-refractivity contribution < 1.29 is 9.90 Å². The number of ketones is 1. The van der Waals surface area contributed by atoms with Crippen molar-refractivity contribution in [2.24, 2.45) is 22.6 Å². The highest BCUT2D eigenvalue weighted by molar-refractivity contribution is 6.06. The van der Waals surface area contributed by atoms with Gasteiger partial charge in [-0.05, 0) is 43.7 Å². The summed E-state index contributed by atoms with van der Waals surface area (Å²) < 4.78 is 0. The second kappa shape index (κ2) is 12.0. The number of hydrogen-bond donors (Lipinski definition) is 2. The molecule has 2 aliphatic rings. The number of carbonyl (C=O) groups excluding carboxylic acids is 1. The number of amidine groups is 1. The Hall–Kier alpha value is -1.92. The van der Waals surface area contributed by atoms with Crippen LogP contribution in [0.5, 0.6) is 0 Å². The van der Waals surface area contributed by atoms with Gasteiger partial charge in [-0.25, -0.2) is 0 Å². The van der Waals surface area contributed by atoms with Gasteiger partial charge >= 0.3 is 0 Å². The van der Waals surface area contributed by atoms with Gasteiger partial charge in [0.15, 0.2) is 5.78 Å². The second-order valence-corrected chi connectivity index (χ2v) is 10.3. The van der Waals surface area contributed by atoms with Gasteiger partial charge in [0.2, 0.25) is 0 Å². The van der Waals surface area contributed by atoms with Gasteiger partial charge in [-0.15, -0.1) is 0 Å². The largest absolute Gasteiger partial charge is 0.392 e. The predicted molar refractivity (Wildman–Crippen MR) is 137 cm³/mol. The fraction of sp³-hybridized carbons (Fsp3) is 0.704. The third kappa shape index (κ3) is 6.15. The van der Waals surface area contributed by atoms with Crippen LogP contribution in [0.4, 0.5) is 5.69 Å². The number of fused-ring (bicyclic) bond motifs is 1. The molecule has 3 N–H and O–H groups in total. The molecule has 0 saturated carbocycles. The van der Waals surface area contributed by atoms with Gasteiger partial charge in [0.05, 0.1) is 6.10 Å². The predicted octanol–water partition coefficient (Wildman–Crippen LogP) is 4.19. The lowest BCUT2D eigenvalue weighted by molar-refractivity contribution is -0.129. The summed E-state index contributed by atoms with van der Waals surface area (Å²) in [6, 6.07) is 7.50. The molecule has 0 radical (unpaired) electrons. The molecule has 1 aromatic carbocycles. The Labute approximate surface area is 200 Å². The lowest BCUT2D eigenvalue weighted by atomic mass is 9.83. The summed E-state index contributed by atoms with van der Waals surface area (Å²) in [5, 5.41) is 11.0. The topological polar surface area (TPSA) is 82.2 Å². The molecule has 6 heteroatoms. The molecule has 1 aromatic rings. The summed E-state index contributed by atoms with van der Waals surface area (Å²) in [5.41, 5.74) is 8.78. The number of likely N-dealkylation sites (tertiary alicyclic amines) is 1. The normalized spacial score (nSPS) is 23.4. The van der Waals surface area contributed by atoms with E-state index in [4.69, 9.17) is 10.7 Å². The van der Waals surface area contributed by atoms with Crippen molar-refractivity contribution in [3.8, 4) is 0 Å². The lowest BCUT2D eigenvalue weighted by Gasteiger charge is -2.32. The summed E-state index contributed by atoms with van der Waals surface area (Å²) in [6.07, 6.45) is 6.70. The molecule has 3 rings (SSSR count). The zero-order valence-corrected chi connectivity index (χ0v) is 21.0. The molecule has 33 heavy (non-hydrogen) atoms. The first-order valence-electron chi connectivity index (χ1n) is 13.0. The second-order valence-electron chi connectivity index (χ2n) is 10.3. The van der Waals surface area contributed by atoms with Crippen molar-refractivity contribution in [3.05, 3.63) is 29.8 Å². The molecule has 0 aromatic heterocycles. The first kappa shape index (κ1) is 25.7. The number of aliphatic imine (C=N–C) groups is 1. The van der Waals surface area contributed by atoms with E-state index in [0.717, 1.165) is 55.9 Å². The molecule has 6 nitrogen and oxygen atoms in total. The van der Waals surface area contributed by atoms with Crippen LogP contribution in [-0.2, 0) is 4.79 Å². The van der Waals surface area contributed by atoms with E-state index < -0.39 is 24.2 Å². The zero-order valence-electron chi connectivity index (χ0n) is 21.0. The number of aliphatic hydroxyl groups excluding tert-OH is 1. The Kier molecular flexibility index (Phi) is 9.33. The Bertz CT molecular complexity index is 801. The molecule has 1 saturated heterocycles. The number of hydrogen-bond acceptors (Lipinski definition) is 6. The van der Waals surface area contributed by atoms with Gasteiger partial charge in [-0.3, -0.25) is 9.79 Å². The Morgan fingerprint density at radius 1 is 1.18 bits per heavy atom. The number of para-hydroxylation sites is 1. The van der Waals surface area contributed by atoms with Crippen molar-refractivity contribution in [2.45, 2.75) is 90.4 Å². The number of benzodiazepines with no additional fused rings is 1. The summed E-state index contributed by atoms with van der Waals surface area (Å²) in [4.78, 5) is 23.5. The van der Waals surface area contributed by atoms with Crippen LogP contribution in [0.25, 0.3) is 0 Å². The SMILES string of the molecule is CCCCC(O)C(CC(C)C)C(=O)C1N=C(N2CCCCCC2)c2ccccc2N(C)C1N. The maximum Gasteiger partial charge on any atom is 0.166 e. The van der Waals surface area contributed by atoms with Crippen LogP contribution in [0.2, 0.25) is 0 Å². The van der Waals surface area contributed by atoms with Crippen molar-refractivity contribution in [2.75, 3.05) is 25.0 Å². The minimum absolute atomic E-state index is 0.0215. The molecule has 0 amide bonds. The summed E-state index contributed by atoms with van der Waals surface area (Å²) >= 11 is 0. The number of aliphatic hydroxyl groups is 1. The molecule has 2 heterocycles. The third-order valence-corrected chi connectivity index (χ3v) is 7.16. The van der Waals surface area contributed by atoms with E-state index in [-0.39, 0.29) is 5.78 Å². The van der Waals surface area contributed by atoms with E-state index in [1.807, 2.05) is 24.1 Å². The van der Waals surface area contributed by atoms with E-state index in [1.165, 1.54) is 12.8 Å². The Balaban J connectivity index is 2.02. The number of nitrogens with two attached hydrogens (primary N) is 1. The van der Waals surface area contributed by atoms with Crippen LogP contribution >= 0.6 is 0 Å². The quantitative estimate of drug-likeness (QED) is 0.613. The number of likely N-dealkylation sites (N-methyl/N-ethyl adjacent to an activating group) is 1. The van der Waals surface area contributed by atoms with Gasteiger partial charge in [0.25, 0.3) is 0 Å². The van der Waals surface area contributed by atoms with E-state index >= 15 is 0 Å². The molecule has 0 bridgehead atoms. The van der Waals surface area contributed by atoms with Crippen LogP contribution in [0, 0.1) is 11.8 Å². The number of Topliss-reactive ketones (excluding diaryl/α,β-unsaturated/α-hetero) is 1. The van der Waals surface area contributed by atoms with E-state index in [0.29, 0.717) is 18.8 Å². The van der Waals surface area contributed by atoms with Crippen molar-refractivity contribution in [1.29, 1.82) is 0 Å². The van der Waals surface area contributed by atoms with Crippen LogP contribution in [0.1, 0.15) is 77.7 Å². The molecular weight excluding hydrogens is 412 g/mol. The minimum atomic E-state index is -0.708. The first-order valence-corrected chi connectivity index (χ1v) is 13.0. The van der Waals surface area contributed by atoms with Crippen molar-refractivity contribution in [3.63, 3.8) is 0 Å². The minimum Gasteiger partial charge on any atom is -0.392 e. The summed E-state index contributed by atoms with van der Waals surface area (Å²) in [7, 11) is 1.95. The number of unbranched alkanes of at least 4 members (excludes halogenated alkanes) is 1. The van der Waals surface area contributed by atoms with Gasteiger partial charge < -0.3 is 20.6 Å². The third-order valence-electron chi connectivity index (χ3n) is 7.16. The summed E-state index contributed by atoms with van der Waals surface area (Å²) in [6.45, 7) is 8.21. The molecule has 0 spiro atoms. The van der Waals surface area contributed by atoms with E-state index in [2.05, 4.69) is 37.8 Å². The Morgan fingerprint density at radius 3 is 2.48 bits per heavy atom. The zero-order chi connectivity index (χ0) is 24.0. The number of anilines is 1. The van der Waals surface area contributed by atoms with E-state index in [9.17, 15) is 9.90 Å². The number of rotatable bonds is 8. The van der Waals surface area contributed by atoms with Gasteiger partial charge in [0.1, 0.15) is 18.0 Å². The van der Waals surface area contributed by atoms with Crippen molar-refractivity contribution >= 4 is 17.3 Å². The Morgan fingerprint density at radius 2 is 1.85 bits per heavy atom. The van der Waals surface area contributed by atoms with Crippen molar-refractivity contribution in [1.82, 2.24) is 4.90 Å². The molecule has 0 aliphatic carbocycles. The fourth-order valence-electron chi connectivity index (χ4n) is 5.19. The molecule has 4 unspecified atom stereocenters. The standard InChI is InChI=1S/C27H44N4O2/c1-5-6-15-23(32)21(18-19(2)3)25(33)24-26(28)30(4)22-14-10-9-13-20(22)27(29-24)31-16-11-7-8-12-17-31/h9-10,13-14,19,21,23-24,26,32H,5-8,11-12,15-18,28H2,1-4H3. The molecule has 2 aliphatic heterocycles. The molecule has 1 fully saturated rings. The number of carbonyl (C=O) groups is 1. The highest BCUT2D eigenvalue weighted by Crippen LogP contribution is 2.31. The van der Waals surface area contributed by atoms with E-state index in [1.54, 1.807) is 0 Å². The first-order chi connectivity index (χ1) is 15.8. The maximum atomic E-state index is 14.0. The van der Waals surface area contributed by atoms with Crippen LogP contribution in [0.3, 0.4) is 0 Å². The summed E-state index contributed by atoms with van der Waals surface area (Å²) in [5.74, 6) is 0.723. The fourth-order valence-corrected chi connectivity index (χ4v) is 5.19. The maximum absolute atomic E-state index is 14.0. The highest BCUT2D eigenvalue weighted by Gasteiger charge is 2.40. The van der Waals surface area contributed by atoms with Crippen LogP contribution < -0.4 is 10.6 Å². The average molecular weight is 457 g/mol. The molecule has 184 valence electrons. The van der Waals surface area contributed by atoms with Gasteiger partial charge in [-0.2, -0.15) is 0 Å². The van der Waals surface area contributed by atoms with Crippen LogP contribution in [-0.4, -0.2) is 60.1 Å². The molecule has 4 atom stereocenters. The molecular formula is C27H44N4O2. The van der Waals surface area contributed by atoms with Crippen LogP contribution in [0.15, 0.2) is 29.3 Å². The van der Waals surface area contributed by atoms with Gasteiger partial charge in [-0.1, -0.05) is 58.6 Å². The number of benzene rings is 1. The lowest BCUT2D eigenvalue weighted by Crippen LogP contribution is -2.53. The monoisotopic (exact) mass is 456 g/mol. The smallest absolute Gasteiger partial charge is 0.166 e. The highest BCUT2D eigenvalue weighted by atomic mass is 16.3.